The fraction of sp³-hybridized carbons (Fsp3) is 0.167. The van der Waals surface area contributed by atoms with Crippen LogP contribution in [0.2, 0.25) is 0 Å². The molecule has 0 saturated carbocycles. The zero-order chi connectivity index (χ0) is 13.7. The molecular formula is C12H11F2NO3. The summed E-state index contributed by atoms with van der Waals surface area (Å²) in [6.07, 6.45) is 1.33. The number of rotatable bonds is 5. The molecule has 6 heteroatoms. The topological polar surface area (TPSA) is 57.6 Å². The number of carboxylic acids is 1. The molecule has 0 spiro atoms. The first kappa shape index (κ1) is 13.8. The lowest BCUT2D eigenvalue weighted by atomic mass is 10.2. The Morgan fingerprint density at radius 2 is 1.83 bits per heavy atom. The zero-order valence-electron chi connectivity index (χ0n) is 9.40. The molecule has 0 radical (unpaired) electrons. The standard InChI is InChI=1S/C12H11F2NO3/c1-2-3-15(7-11(16)17)12(18)8-4-9(13)6-10(14)5-8/h2,4-6H,1,3,7H2,(H,16,17). The van der Waals surface area contributed by atoms with Gasteiger partial charge in [0.15, 0.2) is 0 Å². The number of hydrogen-bond donors (Lipinski definition) is 1. The van der Waals surface area contributed by atoms with Gasteiger partial charge in [0, 0.05) is 18.2 Å². The summed E-state index contributed by atoms with van der Waals surface area (Å²) in [6.45, 7) is 2.79. The van der Waals surface area contributed by atoms with Gasteiger partial charge in [0.05, 0.1) is 0 Å². The predicted molar refractivity (Wildman–Crippen MR) is 60.1 cm³/mol. The molecule has 1 aromatic carbocycles. The van der Waals surface area contributed by atoms with E-state index in [-0.39, 0.29) is 12.1 Å². The van der Waals surface area contributed by atoms with Crippen molar-refractivity contribution in [2.75, 3.05) is 13.1 Å². The van der Waals surface area contributed by atoms with E-state index in [0.717, 1.165) is 17.0 Å². The van der Waals surface area contributed by atoms with Gasteiger partial charge < -0.3 is 10.0 Å². The zero-order valence-corrected chi connectivity index (χ0v) is 9.40. The number of carbonyl (C=O) groups is 2. The van der Waals surface area contributed by atoms with Crippen LogP contribution in [0.15, 0.2) is 30.9 Å². The highest BCUT2D eigenvalue weighted by atomic mass is 19.1. The average molecular weight is 255 g/mol. The Morgan fingerprint density at radius 1 is 1.28 bits per heavy atom. The van der Waals surface area contributed by atoms with Gasteiger partial charge in [-0.15, -0.1) is 6.58 Å². The Morgan fingerprint density at radius 3 is 2.28 bits per heavy atom. The van der Waals surface area contributed by atoms with Crippen molar-refractivity contribution in [2.24, 2.45) is 0 Å². The number of carboxylic acid groups (broad SMARTS) is 1. The van der Waals surface area contributed by atoms with Crippen molar-refractivity contribution >= 4 is 11.9 Å². The summed E-state index contributed by atoms with van der Waals surface area (Å²) >= 11 is 0. The molecule has 0 aromatic heterocycles. The quantitative estimate of drug-likeness (QED) is 0.814. The van der Waals surface area contributed by atoms with Crippen LogP contribution < -0.4 is 0 Å². The van der Waals surface area contributed by atoms with E-state index in [0.29, 0.717) is 6.07 Å². The average Bonchev–Trinajstić information content (AvgIpc) is 2.25. The smallest absolute Gasteiger partial charge is 0.323 e. The van der Waals surface area contributed by atoms with E-state index in [1.54, 1.807) is 0 Å². The van der Waals surface area contributed by atoms with Crippen molar-refractivity contribution in [2.45, 2.75) is 0 Å². The van der Waals surface area contributed by atoms with Crippen molar-refractivity contribution in [1.29, 1.82) is 0 Å². The first-order chi connectivity index (χ1) is 8.43. The maximum Gasteiger partial charge on any atom is 0.323 e. The molecule has 0 bridgehead atoms. The minimum absolute atomic E-state index is 0.0245. The van der Waals surface area contributed by atoms with Gasteiger partial charge in [-0.3, -0.25) is 9.59 Å². The molecule has 0 fully saturated rings. The van der Waals surface area contributed by atoms with E-state index < -0.39 is 30.1 Å². The Labute approximate surface area is 102 Å². The first-order valence-corrected chi connectivity index (χ1v) is 5.02. The number of hydrogen-bond acceptors (Lipinski definition) is 2. The lowest BCUT2D eigenvalue weighted by molar-refractivity contribution is -0.137. The number of aliphatic carboxylic acids is 1. The molecule has 0 saturated heterocycles. The summed E-state index contributed by atoms with van der Waals surface area (Å²) in [5.74, 6) is -3.78. The van der Waals surface area contributed by atoms with E-state index in [4.69, 9.17) is 5.11 Å². The van der Waals surface area contributed by atoms with Crippen LogP contribution in [-0.2, 0) is 4.79 Å². The molecule has 0 aliphatic heterocycles. The van der Waals surface area contributed by atoms with Crippen molar-refractivity contribution in [3.63, 3.8) is 0 Å². The fourth-order valence-electron chi connectivity index (χ4n) is 1.40. The summed E-state index contributed by atoms with van der Waals surface area (Å²) < 4.78 is 25.9. The molecule has 0 aliphatic carbocycles. The van der Waals surface area contributed by atoms with Crippen LogP contribution in [0, 0.1) is 11.6 Å². The summed E-state index contributed by atoms with van der Waals surface area (Å²) in [4.78, 5) is 23.4. The van der Waals surface area contributed by atoms with Crippen molar-refractivity contribution < 1.29 is 23.5 Å². The van der Waals surface area contributed by atoms with Gasteiger partial charge in [0.1, 0.15) is 18.2 Å². The minimum atomic E-state index is -1.22. The second-order valence-electron chi connectivity index (χ2n) is 3.53. The maximum absolute atomic E-state index is 13.0. The third kappa shape index (κ3) is 3.65. The molecule has 18 heavy (non-hydrogen) atoms. The third-order valence-electron chi connectivity index (χ3n) is 2.07. The van der Waals surface area contributed by atoms with E-state index in [1.807, 2.05) is 0 Å². The lowest BCUT2D eigenvalue weighted by Gasteiger charge is -2.18. The lowest BCUT2D eigenvalue weighted by Crippen LogP contribution is -2.35. The van der Waals surface area contributed by atoms with Crippen molar-refractivity contribution in [3.8, 4) is 0 Å². The van der Waals surface area contributed by atoms with Crippen LogP contribution in [0.3, 0.4) is 0 Å². The van der Waals surface area contributed by atoms with Crippen LogP contribution in [-0.4, -0.2) is 35.0 Å². The third-order valence-corrected chi connectivity index (χ3v) is 2.07. The highest BCUT2D eigenvalue weighted by Gasteiger charge is 2.18. The molecule has 4 nitrogen and oxygen atoms in total. The van der Waals surface area contributed by atoms with Gasteiger partial charge in [0.25, 0.3) is 5.91 Å². The number of amides is 1. The summed E-state index contributed by atoms with van der Waals surface area (Å²) in [5.41, 5.74) is -0.240. The normalized spacial score (nSPS) is 9.89. The highest BCUT2D eigenvalue weighted by molar-refractivity contribution is 5.95. The summed E-state index contributed by atoms with van der Waals surface area (Å²) in [6, 6.07) is 2.33. The van der Waals surface area contributed by atoms with Crippen LogP contribution in [0.25, 0.3) is 0 Å². The number of benzene rings is 1. The molecule has 0 heterocycles. The summed E-state index contributed by atoms with van der Waals surface area (Å²) in [5, 5.41) is 8.64. The van der Waals surface area contributed by atoms with Crippen LogP contribution in [0.1, 0.15) is 10.4 Å². The van der Waals surface area contributed by atoms with E-state index in [2.05, 4.69) is 6.58 Å². The van der Waals surface area contributed by atoms with Gasteiger partial charge in [0.2, 0.25) is 0 Å². The van der Waals surface area contributed by atoms with E-state index in [9.17, 15) is 18.4 Å². The van der Waals surface area contributed by atoms with Gasteiger partial charge in [-0.1, -0.05) is 6.08 Å². The molecule has 0 aliphatic rings. The van der Waals surface area contributed by atoms with Gasteiger partial charge >= 0.3 is 5.97 Å². The van der Waals surface area contributed by atoms with Gasteiger partial charge in [-0.05, 0) is 12.1 Å². The Bertz CT molecular complexity index is 468. The van der Waals surface area contributed by atoms with Crippen molar-refractivity contribution in [1.82, 2.24) is 4.90 Å². The second kappa shape index (κ2) is 5.90. The molecule has 1 amide bonds. The van der Waals surface area contributed by atoms with Gasteiger partial charge in [-0.25, -0.2) is 8.78 Å². The first-order valence-electron chi connectivity index (χ1n) is 5.02. The number of nitrogens with zero attached hydrogens (tertiary/aromatic N) is 1. The molecular weight excluding hydrogens is 244 g/mol. The Hall–Kier alpha value is -2.24. The number of carbonyl (C=O) groups excluding carboxylic acids is 1. The second-order valence-corrected chi connectivity index (χ2v) is 3.53. The maximum atomic E-state index is 13.0. The molecule has 0 atom stereocenters. The predicted octanol–water partition coefficient (Wildman–Crippen LogP) is 1.68. The molecule has 0 unspecified atom stereocenters. The highest BCUT2D eigenvalue weighted by Crippen LogP contribution is 2.10. The van der Waals surface area contributed by atoms with E-state index in [1.165, 1.54) is 6.08 Å². The SMILES string of the molecule is C=CCN(CC(=O)O)C(=O)c1cc(F)cc(F)c1. The Kier molecular flexibility index (Phi) is 4.53. The van der Waals surface area contributed by atoms with Gasteiger partial charge in [-0.2, -0.15) is 0 Å². The van der Waals surface area contributed by atoms with E-state index >= 15 is 0 Å². The summed E-state index contributed by atoms with van der Waals surface area (Å²) in [7, 11) is 0. The van der Waals surface area contributed by atoms with Crippen LogP contribution in [0.5, 0.6) is 0 Å². The molecule has 1 rings (SSSR count). The van der Waals surface area contributed by atoms with Crippen molar-refractivity contribution in [3.05, 3.63) is 48.1 Å². The monoisotopic (exact) mass is 255 g/mol. The van der Waals surface area contributed by atoms with Crippen LogP contribution in [0.4, 0.5) is 8.78 Å². The largest absolute Gasteiger partial charge is 0.480 e. The minimum Gasteiger partial charge on any atom is -0.480 e. The molecule has 1 N–H and O–H groups in total. The van der Waals surface area contributed by atoms with Crippen LogP contribution >= 0.6 is 0 Å². The molecule has 96 valence electrons. The fourth-order valence-corrected chi connectivity index (χ4v) is 1.40. The number of halogens is 2. The molecule has 1 aromatic rings. The Balaban J connectivity index is 3.00.